The standard InChI is InChI=1S/C18H21N2/c1-14-8-7-11-16(12-14)18-13-17(19(2)20(18)3)15-9-5-4-6-10-15/h4-12,17H,13H2,1-3H3/q+1. The summed E-state index contributed by atoms with van der Waals surface area (Å²) in [5.41, 5.74) is 5.42. The van der Waals surface area contributed by atoms with Crippen LogP contribution in [0.15, 0.2) is 54.6 Å². The molecule has 1 heterocycles. The molecule has 0 aromatic heterocycles. The fraction of sp³-hybridized carbons (Fsp3) is 0.278. The number of hydrazine groups is 1. The largest absolute Gasteiger partial charge is 0.215 e. The molecule has 0 aliphatic carbocycles. The highest BCUT2D eigenvalue weighted by Crippen LogP contribution is 2.30. The van der Waals surface area contributed by atoms with E-state index in [0.717, 1.165) is 6.42 Å². The average molecular weight is 265 g/mol. The number of hydrazone groups is 1. The molecule has 0 fully saturated rings. The van der Waals surface area contributed by atoms with Gasteiger partial charge in [-0.2, -0.15) is 5.01 Å². The van der Waals surface area contributed by atoms with Crippen molar-refractivity contribution in [2.75, 3.05) is 14.1 Å². The quantitative estimate of drug-likeness (QED) is 0.754. The third-order valence-corrected chi connectivity index (χ3v) is 4.24. The first-order valence-corrected chi connectivity index (χ1v) is 7.11. The summed E-state index contributed by atoms with van der Waals surface area (Å²) in [6.07, 6.45) is 1.06. The molecule has 3 rings (SSSR count). The molecule has 0 saturated heterocycles. The summed E-state index contributed by atoms with van der Waals surface area (Å²) >= 11 is 0. The van der Waals surface area contributed by atoms with E-state index in [1.807, 2.05) is 0 Å². The highest BCUT2D eigenvalue weighted by atomic mass is 15.6. The Balaban J connectivity index is 1.95. The van der Waals surface area contributed by atoms with E-state index in [-0.39, 0.29) is 0 Å². The second-order valence-corrected chi connectivity index (χ2v) is 5.54. The van der Waals surface area contributed by atoms with Gasteiger partial charge in [0.15, 0.2) is 7.05 Å². The normalized spacial score (nSPS) is 18.8. The van der Waals surface area contributed by atoms with Crippen LogP contribution in [0.25, 0.3) is 0 Å². The van der Waals surface area contributed by atoms with Crippen LogP contribution in [0.2, 0.25) is 0 Å². The maximum absolute atomic E-state index is 2.33. The SMILES string of the molecule is Cc1cccc(C2=[N+](C)N(C)C(c3ccccc3)C2)c1. The molecule has 2 aromatic rings. The number of benzene rings is 2. The number of aryl methyl sites for hydroxylation is 1. The second-order valence-electron chi connectivity index (χ2n) is 5.54. The van der Waals surface area contributed by atoms with Crippen molar-refractivity contribution in [2.24, 2.45) is 0 Å². The lowest BCUT2D eigenvalue weighted by molar-refractivity contribution is -0.660. The summed E-state index contributed by atoms with van der Waals surface area (Å²) in [5.74, 6) is 0. The van der Waals surface area contributed by atoms with E-state index in [1.165, 1.54) is 22.4 Å². The highest BCUT2D eigenvalue weighted by molar-refractivity contribution is 5.98. The molecule has 2 nitrogen and oxygen atoms in total. The Labute approximate surface area is 121 Å². The number of hydrogen-bond acceptors (Lipinski definition) is 1. The van der Waals surface area contributed by atoms with Crippen molar-refractivity contribution in [2.45, 2.75) is 19.4 Å². The maximum Gasteiger partial charge on any atom is 0.215 e. The van der Waals surface area contributed by atoms with E-state index >= 15 is 0 Å². The van der Waals surface area contributed by atoms with E-state index in [1.54, 1.807) is 0 Å². The molecule has 0 radical (unpaired) electrons. The van der Waals surface area contributed by atoms with Crippen LogP contribution in [0.5, 0.6) is 0 Å². The number of nitrogens with zero attached hydrogens (tertiary/aromatic N) is 2. The van der Waals surface area contributed by atoms with Gasteiger partial charge in [-0.25, -0.2) is 0 Å². The zero-order chi connectivity index (χ0) is 14.1. The Bertz CT molecular complexity index is 643. The van der Waals surface area contributed by atoms with Gasteiger partial charge in [-0.05, 0) is 24.6 Å². The van der Waals surface area contributed by atoms with Gasteiger partial charge in [0.2, 0.25) is 5.71 Å². The van der Waals surface area contributed by atoms with Crippen LogP contribution in [0.1, 0.15) is 29.2 Å². The van der Waals surface area contributed by atoms with Gasteiger partial charge >= 0.3 is 0 Å². The summed E-state index contributed by atoms with van der Waals surface area (Å²) in [4.78, 5) is 0. The fourth-order valence-corrected chi connectivity index (χ4v) is 2.98. The van der Waals surface area contributed by atoms with Gasteiger partial charge in [0.05, 0.1) is 13.5 Å². The zero-order valence-electron chi connectivity index (χ0n) is 12.4. The molecule has 1 unspecified atom stereocenters. The third-order valence-electron chi connectivity index (χ3n) is 4.24. The molecule has 1 aliphatic rings. The predicted molar refractivity (Wildman–Crippen MR) is 83.0 cm³/mol. The zero-order valence-corrected chi connectivity index (χ0v) is 12.4. The van der Waals surface area contributed by atoms with Crippen LogP contribution in [0.3, 0.4) is 0 Å². The lowest BCUT2D eigenvalue weighted by Crippen LogP contribution is -2.27. The van der Waals surface area contributed by atoms with Crippen molar-refractivity contribution in [1.82, 2.24) is 5.01 Å². The molecule has 20 heavy (non-hydrogen) atoms. The minimum absolute atomic E-state index is 0.428. The topological polar surface area (TPSA) is 6.25 Å². The van der Waals surface area contributed by atoms with Gasteiger partial charge < -0.3 is 0 Å². The van der Waals surface area contributed by atoms with E-state index in [0.29, 0.717) is 6.04 Å². The number of hydrogen-bond donors (Lipinski definition) is 0. The maximum atomic E-state index is 2.33. The van der Waals surface area contributed by atoms with Crippen LogP contribution in [0.4, 0.5) is 0 Å². The van der Waals surface area contributed by atoms with Crippen molar-refractivity contribution >= 4 is 5.71 Å². The van der Waals surface area contributed by atoms with Crippen molar-refractivity contribution in [1.29, 1.82) is 0 Å². The molecule has 0 bridgehead atoms. The van der Waals surface area contributed by atoms with E-state index in [4.69, 9.17) is 0 Å². The fourth-order valence-electron chi connectivity index (χ4n) is 2.98. The van der Waals surface area contributed by atoms with Crippen LogP contribution < -0.4 is 0 Å². The summed E-state index contributed by atoms with van der Waals surface area (Å²) in [6, 6.07) is 19.9. The van der Waals surface area contributed by atoms with Crippen LogP contribution >= 0.6 is 0 Å². The average Bonchev–Trinajstić information content (AvgIpc) is 2.76. The van der Waals surface area contributed by atoms with Crippen LogP contribution in [0, 0.1) is 6.92 Å². The van der Waals surface area contributed by atoms with Gasteiger partial charge in [0, 0.05) is 5.56 Å². The smallest absolute Gasteiger partial charge is 0.181 e. The molecular formula is C18H21N2+. The van der Waals surface area contributed by atoms with Crippen molar-refractivity contribution in [3.05, 3.63) is 71.3 Å². The molecule has 0 amide bonds. The Hall–Kier alpha value is -2.09. The molecule has 2 aromatic carbocycles. The molecule has 2 heteroatoms. The molecule has 1 aliphatic heterocycles. The first kappa shape index (κ1) is 12.9. The van der Waals surface area contributed by atoms with Gasteiger partial charge in [-0.3, -0.25) is 0 Å². The predicted octanol–water partition coefficient (Wildman–Crippen LogP) is 3.42. The molecular weight excluding hydrogens is 244 g/mol. The van der Waals surface area contributed by atoms with Gasteiger partial charge in [-0.15, -0.1) is 4.68 Å². The van der Waals surface area contributed by atoms with Crippen molar-refractivity contribution in [3.63, 3.8) is 0 Å². The lowest BCUT2D eigenvalue weighted by Gasteiger charge is -2.16. The van der Waals surface area contributed by atoms with Crippen LogP contribution in [-0.2, 0) is 0 Å². The Morgan fingerprint density at radius 1 is 1.05 bits per heavy atom. The van der Waals surface area contributed by atoms with Crippen molar-refractivity contribution in [3.8, 4) is 0 Å². The minimum Gasteiger partial charge on any atom is -0.181 e. The summed E-state index contributed by atoms with van der Waals surface area (Å²) < 4.78 is 2.28. The monoisotopic (exact) mass is 265 g/mol. The summed E-state index contributed by atoms with van der Waals surface area (Å²) in [5, 5.41) is 2.33. The molecule has 0 N–H and O–H groups in total. The van der Waals surface area contributed by atoms with E-state index in [9.17, 15) is 0 Å². The van der Waals surface area contributed by atoms with E-state index in [2.05, 4.69) is 85.3 Å². The van der Waals surface area contributed by atoms with Gasteiger partial charge in [0.1, 0.15) is 6.04 Å². The first-order valence-electron chi connectivity index (χ1n) is 7.11. The highest BCUT2D eigenvalue weighted by Gasteiger charge is 2.36. The van der Waals surface area contributed by atoms with Gasteiger partial charge in [0.25, 0.3) is 0 Å². The van der Waals surface area contributed by atoms with Crippen LogP contribution in [-0.4, -0.2) is 29.5 Å². The van der Waals surface area contributed by atoms with Gasteiger partial charge in [-0.1, -0.05) is 48.0 Å². The van der Waals surface area contributed by atoms with E-state index < -0.39 is 0 Å². The van der Waals surface area contributed by atoms with Crippen molar-refractivity contribution < 1.29 is 4.68 Å². The first-order chi connectivity index (χ1) is 9.66. The molecule has 1 atom stereocenters. The Kier molecular flexibility index (Phi) is 3.31. The molecule has 0 saturated carbocycles. The number of rotatable bonds is 2. The Morgan fingerprint density at radius 2 is 1.80 bits per heavy atom. The molecule has 102 valence electrons. The summed E-state index contributed by atoms with van der Waals surface area (Å²) in [7, 11) is 4.32. The second kappa shape index (κ2) is 5.12. The summed E-state index contributed by atoms with van der Waals surface area (Å²) in [6.45, 7) is 2.15. The molecule has 0 spiro atoms. The minimum atomic E-state index is 0.428. The Morgan fingerprint density at radius 3 is 2.50 bits per heavy atom. The lowest BCUT2D eigenvalue weighted by atomic mass is 9.98. The third kappa shape index (κ3) is 2.22.